The molecule has 0 amide bonds. The van der Waals surface area contributed by atoms with Crippen LogP contribution in [0.15, 0.2) is 29.1 Å². The number of hydrogen-bond acceptors (Lipinski definition) is 5. The van der Waals surface area contributed by atoms with Crippen LogP contribution in [0.2, 0.25) is 0 Å². The molecular weight excluding hydrogens is 368 g/mol. The van der Waals surface area contributed by atoms with E-state index in [-0.39, 0.29) is 11.6 Å². The summed E-state index contributed by atoms with van der Waals surface area (Å²) in [4.78, 5) is 24.9. The fourth-order valence-corrected chi connectivity index (χ4v) is 5.07. The van der Waals surface area contributed by atoms with Crippen molar-refractivity contribution < 1.29 is 0 Å². The molecular formula is C22H28N4OS. The third-order valence-corrected chi connectivity index (χ3v) is 7.14. The summed E-state index contributed by atoms with van der Waals surface area (Å²) in [6, 6.07) is 9.05. The van der Waals surface area contributed by atoms with Gasteiger partial charge in [0.1, 0.15) is 10.7 Å². The van der Waals surface area contributed by atoms with Gasteiger partial charge in [0, 0.05) is 29.7 Å². The Morgan fingerprint density at radius 1 is 1.21 bits per heavy atom. The SMILES string of the molecule is Cc1ccccc1NC1CCN(C(C)c2nc3sc(C)c(C)c3c(=O)[nH]2)CC1. The second-order valence-corrected chi connectivity index (χ2v) is 9.06. The van der Waals surface area contributed by atoms with Crippen molar-refractivity contribution in [1.29, 1.82) is 0 Å². The van der Waals surface area contributed by atoms with Crippen molar-refractivity contribution in [3.63, 3.8) is 0 Å². The van der Waals surface area contributed by atoms with Gasteiger partial charge in [0.05, 0.1) is 11.4 Å². The number of anilines is 1. The fraction of sp³-hybridized carbons (Fsp3) is 0.455. The molecule has 0 radical (unpaired) electrons. The largest absolute Gasteiger partial charge is 0.382 e. The van der Waals surface area contributed by atoms with Crippen LogP contribution in [-0.4, -0.2) is 34.0 Å². The highest BCUT2D eigenvalue weighted by atomic mass is 32.1. The van der Waals surface area contributed by atoms with E-state index >= 15 is 0 Å². The number of hydrogen-bond donors (Lipinski definition) is 2. The number of fused-ring (bicyclic) bond motifs is 1. The Kier molecular flexibility index (Phi) is 5.25. The predicted octanol–water partition coefficient (Wildman–Crippen LogP) is 4.55. The van der Waals surface area contributed by atoms with Gasteiger partial charge in [-0.15, -0.1) is 11.3 Å². The standard InChI is InChI=1S/C22H28N4OS/c1-13-7-5-6-8-18(13)23-17-9-11-26(12-10-17)15(3)20-24-21(27)19-14(2)16(4)28-22(19)25-20/h5-8,15,17,23H,9-12H2,1-4H3,(H,24,25,27). The van der Waals surface area contributed by atoms with E-state index in [9.17, 15) is 4.79 Å². The monoisotopic (exact) mass is 396 g/mol. The van der Waals surface area contributed by atoms with Crippen LogP contribution in [0.1, 0.15) is 47.6 Å². The zero-order valence-electron chi connectivity index (χ0n) is 17.0. The number of benzene rings is 1. The van der Waals surface area contributed by atoms with E-state index < -0.39 is 0 Å². The first kappa shape index (κ1) is 19.2. The molecule has 5 nitrogen and oxygen atoms in total. The molecule has 1 unspecified atom stereocenters. The number of thiophene rings is 1. The van der Waals surface area contributed by atoms with Crippen molar-refractivity contribution in [2.45, 2.75) is 52.6 Å². The number of piperidine rings is 1. The number of para-hydroxylation sites is 1. The van der Waals surface area contributed by atoms with E-state index in [2.05, 4.69) is 60.2 Å². The summed E-state index contributed by atoms with van der Waals surface area (Å²) in [5.41, 5.74) is 3.56. The number of H-pyrrole nitrogens is 1. The van der Waals surface area contributed by atoms with Gasteiger partial charge in [-0.05, 0) is 57.7 Å². The third kappa shape index (κ3) is 3.59. The maximum absolute atomic E-state index is 12.6. The lowest BCUT2D eigenvalue weighted by molar-refractivity contribution is 0.162. The van der Waals surface area contributed by atoms with Gasteiger partial charge in [-0.2, -0.15) is 0 Å². The molecule has 1 aliphatic rings. The van der Waals surface area contributed by atoms with Gasteiger partial charge in [-0.1, -0.05) is 18.2 Å². The van der Waals surface area contributed by atoms with E-state index in [1.54, 1.807) is 11.3 Å². The van der Waals surface area contributed by atoms with Crippen LogP contribution in [0, 0.1) is 20.8 Å². The van der Waals surface area contributed by atoms with Gasteiger partial charge < -0.3 is 10.3 Å². The Bertz CT molecular complexity index is 1050. The summed E-state index contributed by atoms with van der Waals surface area (Å²) in [5.74, 6) is 0.782. The minimum atomic E-state index is -0.00944. The summed E-state index contributed by atoms with van der Waals surface area (Å²) >= 11 is 1.61. The Hall–Kier alpha value is -2.18. The number of aromatic nitrogens is 2. The molecule has 3 aromatic rings. The molecule has 1 aliphatic heterocycles. The number of rotatable bonds is 4. The molecule has 148 valence electrons. The van der Waals surface area contributed by atoms with Crippen molar-refractivity contribution in [2.24, 2.45) is 0 Å². The second-order valence-electron chi connectivity index (χ2n) is 7.86. The molecule has 0 saturated carbocycles. The van der Waals surface area contributed by atoms with Crippen molar-refractivity contribution in [3.8, 4) is 0 Å². The molecule has 6 heteroatoms. The first-order valence-corrected chi connectivity index (χ1v) is 10.8. The molecule has 0 bridgehead atoms. The minimum absolute atomic E-state index is 0.00944. The minimum Gasteiger partial charge on any atom is -0.382 e. The Morgan fingerprint density at radius 3 is 2.64 bits per heavy atom. The van der Waals surface area contributed by atoms with Crippen LogP contribution >= 0.6 is 11.3 Å². The summed E-state index contributed by atoms with van der Waals surface area (Å²) < 4.78 is 0. The summed E-state index contributed by atoms with van der Waals surface area (Å²) in [6.07, 6.45) is 2.17. The van der Waals surface area contributed by atoms with E-state index in [1.807, 2.05) is 6.92 Å². The van der Waals surface area contributed by atoms with Crippen LogP contribution in [0.25, 0.3) is 10.2 Å². The lowest BCUT2D eigenvalue weighted by Gasteiger charge is -2.36. The number of likely N-dealkylation sites (tertiary alicyclic amines) is 1. The van der Waals surface area contributed by atoms with Crippen LogP contribution in [0.5, 0.6) is 0 Å². The normalized spacial score (nSPS) is 17.1. The maximum atomic E-state index is 12.6. The second kappa shape index (κ2) is 7.68. The van der Waals surface area contributed by atoms with Crippen LogP contribution in [0.4, 0.5) is 5.69 Å². The van der Waals surface area contributed by atoms with Crippen molar-refractivity contribution in [1.82, 2.24) is 14.9 Å². The Morgan fingerprint density at radius 2 is 1.93 bits per heavy atom. The van der Waals surface area contributed by atoms with E-state index in [1.165, 1.54) is 16.1 Å². The van der Waals surface area contributed by atoms with E-state index in [0.29, 0.717) is 6.04 Å². The van der Waals surface area contributed by atoms with Gasteiger partial charge in [-0.3, -0.25) is 9.69 Å². The Balaban J connectivity index is 1.45. The van der Waals surface area contributed by atoms with Gasteiger partial charge in [0.2, 0.25) is 0 Å². The van der Waals surface area contributed by atoms with Gasteiger partial charge in [0.15, 0.2) is 0 Å². The van der Waals surface area contributed by atoms with Crippen molar-refractivity contribution >= 4 is 27.2 Å². The van der Waals surface area contributed by atoms with Gasteiger partial charge in [-0.25, -0.2) is 4.98 Å². The van der Waals surface area contributed by atoms with Crippen LogP contribution in [0.3, 0.4) is 0 Å². The van der Waals surface area contributed by atoms with E-state index in [0.717, 1.165) is 47.5 Å². The van der Waals surface area contributed by atoms with Gasteiger partial charge >= 0.3 is 0 Å². The molecule has 1 aromatic carbocycles. The highest BCUT2D eigenvalue weighted by molar-refractivity contribution is 7.18. The highest BCUT2D eigenvalue weighted by Gasteiger charge is 2.25. The number of nitrogens with zero attached hydrogens (tertiary/aromatic N) is 2. The quantitative estimate of drug-likeness (QED) is 0.679. The summed E-state index contributed by atoms with van der Waals surface area (Å²) in [6.45, 7) is 10.3. The van der Waals surface area contributed by atoms with Crippen LogP contribution in [-0.2, 0) is 0 Å². The first-order chi connectivity index (χ1) is 13.4. The number of aryl methyl sites for hydroxylation is 3. The molecule has 1 fully saturated rings. The fourth-order valence-electron chi connectivity index (χ4n) is 4.03. The Labute approximate surface area is 169 Å². The molecule has 2 N–H and O–H groups in total. The maximum Gasteiger partial charge on any atom is 0.259 e. The topological polar surface area (TPSA) is 61.0 Å². The molecule has 1 saturated heterocycles. The van der Waals surface area contributed by atoms with Crippen LogP contribution < -0.4 is 10.9 Å². The van der Waals surface area contributed by atoms with Gasteiger partial charge in [0.25, 0.3) is 5.56 Å². The molecule has 1 atom stereocenters. The zero-order valence-corrected chi connectivity index (χ0v) is 17.8. The molecule has 28 heavy (non-hydrogen) atoms. The molecule has 3 heterocycles. The molecule has 0 aliphatic carbocycles. The zero-order chi connectivity index (χ0) is 19.8. The summed E-state index contributed by atoms with van der Waals surface area (Å²) in [7, 11) is 0. The van der Waals surface area contributed by atoms with Crippen molar-refractivity contribution in [2.75, 3.05) is 18.4 Å². The number of aromatic amines is 1. The first-order valence-electron chi connectivity index (χ1n) is 10.00. The lowest BCUT2D eigenvalue weighted by Crippen LogP contribution is -2.41. The highest BCUT2D eigenvalue weighted by Crippen LogP contribution is 2.29. The van der Waals surface area contributed by atoms with Crippen molar-refractivity contribution in [3.05, 3.63) is 56.4 Å². The summed E-state index contributed by atoms with van der Waals surface area (Å²) in [5, 5.41) is 4.44. The molecule has 2 aromatic heterocycles. The average Bonchev–Trinajstić information content (AvgIpc) is 2.98. The van der Waals surface area contributed by atoms with E-state index in [4.69, 9.17) is 4.98 Å². The smallest absolute Gasteiger partial charge is 0.259 e. The third-order valence-electron chi connectivity index (χ3n) is 6.04. The number of nitrogens with one attached hydrogen (secondary N) is 2. The average molecular weight is 397 g/mol. The lowest BCUT2D eigenvalue weighted by atomic mass is 10.0. The molecule has 4 rings (SSSR count). The molecule has 0 spiro atoms. The predicted molar refractivity (Wildman–Crippen MR) is 118 cm³/mol.